The molecule has 0 aliphatic carbocycles. The molecule has 0 spiro atoms. The van der Waals surface area contributed by atoms with Gasteiger partial charge in [-0.3, -0.25) is 9.59 Å². The highest BCUT2D eigenvalue weighted by atomic mass is 16.2. The van der Waals surface area contributed by atoms with Crippen molar-refractivity contribution < 1.29 is 9.59 Å². The van der Waals surface area contributed by atoms with Gasteiger partial charge in [-0.2, -0.15) is 0 Å². The molecule has 0 radical (unpaired) electrons. The second-order valence-corrected chi connectivity index (χ2v) is 5.29. The van der Waals surface area contributed by atoms with Gasteiger partial charge in [0.05, 0.1) is 0 Å². The van der Waals surface area contributed by atoms with Crippen LogP contribution >= 0.6 is 0 Å². The highest BCUT2D eigenvalue weighted by Gasteiger charge is 2.11. The van der Waals surface area contributed by atoms with Crippen molar-refractivity contribution in [3.05, 3.63) is 65.2 Å². The number of nitrogens with zero attached hydrogens (tertiary/aromatic N) is 1. The van der Waals surface area contributed by atoms with Crippen molar-refractivity contribution in [1.29, 1.82) is 0 Å². The van der Waals surface area contributed by atoms with Crippen molar-refractivity contribution in [3.8, 4) is 0 Å². The third-order valence-electron chi connectivity index (χ3n) is 3.16. The number of rotatable bonds is 5. The summed E-state index contributed by atoms with van der Waals surface area (Å²) < 4.78 is 0. The van der Waals surface area contributed by atoms with Gasteiger partial charge in [-0.25, -0.2) is 0 Å². The summed E-state index contributed by atoms with van der Waals surface area (Å²) in [5, 5.41) is 2.88. The van der Waals surface area contributed by atoms with Crippen LogP contribution in [-0.2, 0) is 6.54 Å². The topological polar surface area (TPSA) is 75.4 Å². The molecular weight excluding hydrogens is 278 g/mol. The van der Waals surface area contributed by atoms with Gasteiger partial charge in [0.25, 0.3) is 5.91 Å². The lowest BCUT2D eigenvalue weighted by atomic mass is 10.1. The second-order valence-electron chi connectivity index (χ2n) is 5.29. The largest absolute Gasteiger partial charge is 0.366 e. The minimum Gasteiger partial charge on any atom is -0.366 e. The van der Waals surface area contributed by atoms with Crippen LogP contribution in [0.25, 0.3) is 0 Å². The van der Waals surface area contributed by atoms with Gasteiger partial charge in [-0.05, 0) is 43.9 Å². The lowest BCUT2D eigenvalue weighted by Crippen LogP contribution is -2.17. The van der Waals surface area contributed by atoms with Gasteiger partial charge in [-0.1, -0.05) is 24.3 Å². The monoisotopic (exact) mass is 297 g/mol. The quantitative estimate of drug-likeness (QED) is 0.887. The fourth-order valence-electron chi connectivity index (χ4n) is 2.13. The molecule has 0 fully saturated rings. The summed E-state index contributed by atoms with van der Waals surface area (Å²) in [7, 11) is 3.93. The molecule has 2 rings (SSSR count). The summed E-state index contributed by atoms with van der Waals surface area (Å²) in [6.07, 6.45) is 0. The summed E-state index contributed by atoms with van der Waals surface area (Å²) in [6, 6.07) is 14.0. The van der Waals surface area contributed by atoms with Crippen LogP contribution in [0, 0.1) is 0 Å². The van der Waals surface area contributed by atoms with Crippen LogP contribution in [0.1, 0.15) is 26.3 Å². The smallest absolute Gasteiger partial charge is 0.255 e. The van der Waals surface area contributed by atoms with Gasteiger partial charge < -0.3 is 16.0 Å². The van der Waals surface area contributed by atoms with Gasteiger partial charge in [0.2, 0.25) is 5.91 Å². The summed E-state index contributed by atoms with van der Waals surface area (Å²) in [4.78, 5) is 25.6. The molecule has 0 saturated heterocycles. The Morgan fingerprint density at radius 2 is 1.73 bits per heavy atom. The fraction of sp³-hybridized carbons (Fsp3) is 0.176. The molecule has 3 N–H and O–H groups in total. The zero-order valence-corrected chi connectivity index (χ0v) is 12.7. The van der Waals surface area contributed by atoms with Crippen molar-refractivity contribution in [2.24, 2.45) is 5.73 Å². The first-order chi connectivity index (χ1) is 10.5. The van der Waals surface area contributed by atoms with Gasteiger partial charge in [0.1, 0.15) is 0 Å². The second kappa shape index (κ2) is 6.87. The van der Waals surface area contributed by atoms with Gasteiger partial charge in [0.15, 0.2) is 0 Å². The standard InChI is InChI=1S/C17H19N3O2/c1-20(2)11-14-6-3-4-9-15(14)19-17(22)13-8-5-7-12(10-13)16(18)21/h3-10H,11H2,1-2H3,(H2,18,21)(H,19,22). The maximum Gasteiger partial charge on any atom is 0.255 e. The highest BCUT2D eigenvalue weighted by Crippen LogP contribution is 2.17. The normalized spacial score (nSPS) is 10.5. The number of amides is 2. The first kappa shape index (κ1) is 15.7. The van der Waals surface area contributed by atoms with Crippen LogP contribution in [-0.4, -0.2) is 30.8 Å². The SMILES string of the molecule is CN(C)Cc1ccccc1NC(=O)c1cccc(C(N)=O)c1. The number of carbonyl (C=O) groups excluding carboxylic acids is 2. The Hall–Kier alpha value is -2.66. The molecule has 0 atom stereocenters. The predicted octanol–water partition coefficient (Wildman–Crippen LogP) is 2.10. The number of para-hydroxylation sites is 1. The molecule has 0 aliphatic rings. The number of hydrogen-bond donors (Lipinski definition) is 2. The third-order valence-corrected chi connectivity index (χ3v) is 3.16. The van der Waals surface area contributed by atoms with E-state index in [9.17, 15) is 9.59 Å². The molecule has 0 heterocycles. The molecule has 0 bridgehead atoms. The third kappa shape index (κ3) is 3.93. The molecule has 0 aliphatic heterocycles. The van der Waals surface area contributed by atoms with Gasteiger partial charge in [0, 0.05) is 23.4 Å². The Balaban J connectivity index is 2.22. The molecule has 5 nitrogen and oxygen atoms in total. The first-order valence-electron chi connectivity index (χ1n) is 6.91. The van der Waals surface area contributed by atoms with E-state index in [1.165, 1.54) is 6.07 Å². The number of benzene rings is 2. The van der Waals surface area contributed by atoms with E-state index in [1.807, 2.05) is 43.3 Å². The summed E-state index contributed by atoms with van der Waals surface area (Å²) >= 11 is 0. The van der Waals surface area contributed by atoms with Gasteiger partial charge in [-0.15, -0.1) is 0 Å². The summed E-state index contributed by atoms with van der Waals surface area (Å²) in [5.41, 5.74) is 7.73. The van der Waals surface area contributed by atoms with Crippen LogP contribution in [0.3, 0.4) is 0 Å². The Labute approximate surface area is 129 Å². The van der Waals surface area contributed by atoms with Crippen LogP contribution in [0.2, 0.25) is 0 Å². The molecule has 2 amide bonds. The van der Waals surface area contributed by atoms with Crippen molar-refractivity contribution in [3.63, 3.8) is 0 Å². The van der Waals surface area contributed by atoms with Crippen molar-refractivity contribution in [1.82, 2.24) is 4.90 Å². The molecular formula is C17H19N3O2. The molecule has 0 aromatic heterocycles. The maximum absolute atomic E-state index is 12.4. The van der Waals surface area contributed by atoms with Gasteiger partial charge >= 0.3 is 0 Å². The summed E-state index contributed by atoms with van der Waals surface area (Å²) in [6.45, 7) is 0.720. The number of carbonyl (C=O) groups is 2. The van der Waals surface area contributed by atoms with E-state index in [4.69, 9.17) is 5.73 Å². The van der Waals surface area contributed by atoms with E-state index < -0.39 is 5.91 Å². The molecule has 0 unspecified atom stereocenters. The number of nitrogens with two attached hydrogens (primary N) is 1. The number of primary amides is 1. The van der Waals surface area contributed by atoms with E-state index in [-0.39, 0.29) is 5.91 Å². The van der Waals surface area contributed by atoms with Crippen molar-refractivity contribution in [2.75, 3.05) is 19.4 Å². The van der Waals surface area contributed by atoms with Crippen LogP contribution in [0.5, 0.6) is 0 Å². The Kier molecular flexibility index (Phi) is 4.91. The van der Waals surface area contributed by atoms with Crippen molar-refractivity contribution in [2.45, 2.75) is 6.54 Å². The fourth-order valence-corrected chi connectivity index (χ4v) is 2.13. The minimum atomic E-state index is -0.553. The first-order valence-corrected chi connectivity index (χ1v) is 6.91. The van der Waals surface area contributed by atoms with E-state index in [1.54, 1.807) is 18.2 Å². The van der Waals surface area contributed by atoms with E-state index in [2.05, 4.69) is 5.32 Å². The predicted molar refractivity (Wildman–Crippen MR) is 86.7 cm³/mol. The zero-order valence-electron chi connectivity index (χ0n) is 12.7. The van der Waals surface area contributed by atoms with Crippen molar-refractivity contribution >= 4 is 17.5 Å². The van der Waals surface area contributed by atoms with Crippen LogP contribution < -0.4 is 11.1 Å². The van der Waals surface area contributed by atoms with E-state index in [0.717, 1.165) is 17.8 Å². The molecule has 2 aromatic rings. The Morgan fingerprint density at radius 3 is 2.41 bits per heavy atom. The maximum atomic E-state index is 12.4. The van der Waals surface area contributed by atoms with Crippen LogP contribution in [0.4, 0.5) is 5.69 Å². The number of nitrogens with one attached hydrogen (secondary N) is 1. The molecule has 114 valence electrons. The van der Waals surface area contributed by atoms with Crippen LogP contribution in [0.15, 0.2) is 48.5 Å². The lowest BCUT2D eigenvalue weighted by molar-refractivity contribution is 0.1000. The lowest BCUT2D eigenvalue weighted by Gasteiger charge is -2.15. The number of hydrogen-bond acceptors (Lipinski definition) is 3. The van der Waals surface area contributed by atoms with E-state index in [0.29, 0.717) is 11.1 Å². The average Bonchev–Trinajstić information content (AvgIpc) is 2.49. The van der Waals surface area contributed by atoms with E-state index >= 15 is 0 Å². The minimum absolute atomic E-state index is 0.269. The zero-order chi connectivity index (χ0) is 16.1. The average molecular weight is 297 g/mol. The molecule has 0 saturated carbocycles. The molecule has 22 heavy (non-hydrogen) atoms. The Bertz CT molecular complexity index is 696. The Morgan fingerprint density at radius 1 is 1.05 bits per heavy atom. The number of anilines is 1. The summed E-state index contributed by atoms with van der Waals surface area (Å²) in [5.74, 6) is -0.822. The molecule has 2 aromatic carbocycles. The highest BCUT2D eigenvalue weighted by molar-refractivity contribution is 6.06. The molecule has 5 heteroatoms.